The summed E-state index contributed by atoms with van der Waals surface area (Å²) in [5.74, 6) is -0.812. The van der Waals surface area contributed by atoms with E-state index in [1.165, 1.54) is 4.90 Å². The number of carbonyl (C=O) groups excluding carboxylic acids is 2. The summed E-state index contributed by atoms with van der Waals surface area (Å²) < 4.78 is 6.89. The number of rotatable bonds is 4. The third-order valence-electron chi connectivity index (χ3n) is 3.62. The Labute approximate surface area is 146 Å². The van der Waals surface area contributed by atoms with Crippen LogP contribution in [0.3, 0.4) is 0 Å². The average molecular weight is 350 g/mol. The van der Waals surface area contributed by atoms with Crippen molar-refractivity contribution in [2.24, 2.45) is 0 Å². The molecule has 7 heteroatoms. The lowest BCUT2D eigenvalue weighted by Crippen LogP contribution is -2.34. The van der Waals surface area contributed by atoms with Crippen molar-refractivity contribution < 1.29 is 14.3 Å². The molecule has 1 heterocycles. The molecule has 0 N–H and O–H groups in total. The number of aryl methyl sites for hydroxylation is 1. The van der Waals surface area contributed by atoms with Gasteiger partial charge in [-0.05, 0) is 45.0 Å². The van der Waals surface area contributed by atoms with Crippen molar-refractivity contribution in [3.63, 3.8) is 0 Å². The lowest BCUT2D eigenvalue weighted by atomic mass is 10.2. The van der Waals surface area contributed by atoms with E-state index in [1.807, 2.05) is 13.8 Å². The first kappa shape index (κ1) is 18.0. The van der Waals surface area contributed by atoms with Crippen LogP contribution in [0.5, 0.6) is 0 Å². The number of hydrogen-bond donors (Lipinski definition) is 0. The van der Waals surface area contributed by atoms with Gasteiger partial charge in [-0.25, -0.2) is 9.48 Å². The first-order valence-corrected chi connectivity index (χ1v) is 7.84. The minimum absolute atomic E-state index is 0.266. The SMILES string of the molecule is Cc1nn(-c2ccc(C(=O)OC(C)C(=O)N(C)C)cc2)c(C)c1Cl. The molecule has 0 saturated carbocycles. The van der Waals surface area contributed by atoms with Gasteiger partial charge < -0.3 is 9.64 Å². The summed E-state index contributed by atoms with van der Waals surface area (Å²) in [5.41, 5.74) is 2.73. The molecule has 0 radical (unpaired) electrons. The highest BCUT2D eigenvalue weighted by molar-refractivity contribution is 6.31. The molecule has 0 bridgehead atoms. The van der Waals surface area contributed by atoms with Crippen molar-refractivity contribution in [2.45, 2.75) is 26.9 Å². The molecule has 0 aliphatic heterocycles. The van der Waals surface area contributed by atoms with Crippen molar-refractivity contribution in [2.75, 3.05) is 14.1 Å². The van der Waals surface area contributed by atoms with Gasteiger partial charge in [0.15, 0.2) is 6.10 Å². The molecule has 0 aliphatic carbocycles. The van der Waals surface area contributed by atoms with Crippen molar-refractivity contribution in [1.29, 1.82) is 0 Å². The number of ether oxygens (including phenoxy) is 1. The van der Waals surface area contributed by atoms with Crippen molar-refractivity contribution in [3.8, 4) is 5.69 Å². The van der Waals surface area contributed by atoms with Gasteiger partial charge in [0.2, 0.25) is 0 Å². The van der Waals surface area contributed by atoms with Crippen LogP contribution in [0, 0.1) is 13.8 Å². The Morgan fingerprint density at radius 3 is 2.25 bits per heavy atom. The van der Waals surface area contributed by atoms with E-state index < -0.39 is 12.1 Å². The number of benzene rings is 1. The number of nitrogens with zero attached hydrogens (tertiary/aromatic N) is 3. The third kappa shape index (κ3) is 3.59. The zero-order valence-corrected chi connectivity index (χ0v) is 15.1. The third-order valence-corrected chi connectivity index (χ3v) is 4.17. The summed E-state index contributed by atoms with van der Waals surface area (Å²) >= 11 is 6.15. The highest BCUT2D eigenvalue weighted by Gasteiger charge is 2.20. The maximum atomic E-state index is 12.1. The van der Waals surface area contributed by atoms with Gasteiger partial charge in [-0.3, -0.25) is 4.79 Å². The summed E-state index contributed by atoms with van der Waals surface area (Å²) in [6, 6.07) is 6.78. The van der Waals surface area contributed by atoms with Crippen LogP contribution in [0.2, 0.25) is 5.02 Å². The Bertz CT molecular complexity index is 766. The van der Waals surface area contributed by atoms with E-state index in [9.17, 15) is 9.59 Å². The average Bonchev–Trinajstić information content (AvgIpc) is 2.81. The van der Waals surface area contributed by atoms with Crippen LogP contribution in [0.15, 0.2) is 24.3 Å². The second-order valence-electron chi connectivity index (χ2n) is 5.72. The minimum atomic E-state index is -0.831. The molecule has 1 atom stereocenters. The highest BCUT2D eigenvalue weighted by atomic mass is 35.5. The number of likely N-dealkylation sites (N-methyl/N-ethyl adjacent to an activating group) is 1. The fourth-order valence-electron chi connectivity index (χ4n) is 2.26. The minimum Gasteiger partial charge on any atom is -0.449 e. The Morgan fingerprint density at radius 1 is 1.21 bits per heavy atom. The number of amides is 1. The fourth-order valence-corrected chi connectivity index (χ4v) is 2.37. The smallest absolute Gasteiger partial charge is 0.338 e. The Kier molecular flexibility index (Phi) is 5.29. The summed E-state index contributed by atoms with van der Waals surface area (Å²) in [4.78, 5) is 25.2. The van der Waals surface area contributed by atoms with E-state index in [-0.39, 0.29) is 5.91 Å². The quantitative estimate of drug-likeness (QED) is 0.796. The summed E-state index contributed by atoms with van der Waals surface area (Å²) in [5, 5.41) is 4.98. The maximum Gasteiger partial charge on any atom is 0.338 e. The molecular weight excluding hydrogens is 330 g/mol. The number of halogens is 1. The molecule has 0 spiro atoms. The van der Waals surface area contributed by atoms with E-state index >= 15 is 0 Å². The molecule has 1 aromatic heterocycles. The highest BCUT2D eigenvalue weighted by Crippen LogP contribution is 2.22. The lowest BCUT2D eigenvalue weighted by molar-refractivity contribution is -0.137. The van der Waals surface area contributed by atoms with E-state index in [4.69, 9.17) is 16.3 Å². The van der Waals surface area contributed by atoms with Crippen LogP contribution in [-0.2, 0) is 9.53 Å². The largest absolute Gasteiger partial charge is 0.449 e. The second kappa shape index (κ2) is 7.05. The van der Waals surface area contributed by atoms with E-state index in [2.05, 4.69) is 5.10 Å². The Morgan fingerprint density at radius 2 is 1.79 bits per heavy atom. The number of carbonyl (C=O) groups is 2. The summed E-state index contributed by atoms with van der Waals surface area (Å²) in [7, 11) is 3.22. The molecule has 1 amide bonds. The zero-order valence-electron chi connectivity index (χ0n) is 14.3. The summed E-state index contributed by atoms with van der Waals surface area (Å²) in [6.07, 6.45) is -0.831. The van der Waals surface area contributed by atoms with E-state index in [0.717, 1.165) is 17.1 Å². The van der Waals surface area contributed by atoms with Gasteiger partial charge in [-0.1, -0.05) is 11.6 Å². The number of hydrogen-bond acceptors (Lipinski definition) is 4. The number of esters is 1. The van der Waals surface area contributed by atoms with Gasteiger partial charge >= 0.3 is 5.97 Å². The Balaban J connectivity index is 2.16. The van der Waals surface area contributed by atoms with Gasteiger partial charge in [0, 0.05) is 14.1 Å². The first-order chi connectivity index (χ1) is 11.2. The molecular formula is C17H20ClN3O3. The standard InChI is InChI=1S/C17H20ClN3O3/c1-10-15(18)11(2)21(19-10)14-8-6-13(7-9-14)17(23)24-12(3)16(22)20(4)5/h6-9,12H,1-5H3. The fraction of sp³-hybridized carbons (Fsp3) is 0.353. The second-order valence-corrected chi connectivity index (χ2v) is 6.10. The monoisotopic (exact) mass is 349 g/mol. The normalized spacial score (nSPS) is 11.9. The van der Waals surface area contributed by atoms with E-state index in [1.54, 1.807) is 50.0 Å². The molecule has 6 nitrogen and oxygen atoms in total. The van der Waals surface area contributed by atoms with Crippen LogP contribution >= 0.6 is 11.6 Å². The predicted octanol–water partition coefficient (Wildman–Crippen LogP) is 2.78. The zero-order chi connectivity index (χ0) is 18.0. The van der Waals surface area contributed by atoms with Crippen LogP contribution in [-0.4, -0.2) is 46.8 Å². The molecule has 0 saturated heterocycles. The van der Waals surface area contributed by atoms with Crippen LogP contribution < -0.4 is 0 Å². The van der Waals surface area contributed by atoms with Crippen molar-refractivity contribution in [3.05, 3.63) is 46.2 Å². The van der Waals surface area contributed by atoms with Crippen molar-refractivity contribution in [1.82, 2.24) is 14.7 Å². The topological polar surface area (TPSA) is 64.4 Å². The molecule has 24 heavy (non-hydrogen) atoms. The van der Waals surface area contributed by atoms with Gasteiger partial charge in [0.1, 0.15) is 0 Å². The molecule has 0 aliphatic rings. The van der Waals surface area contributed by atoms with Gasteiger partial charge in [0.05, 0.1) is 27.7 Å². The van der Waals surface area contributed by atoms with Crippen LogP contribution in [0.1, 0.15) is 28.7 Å². The van der Waals surface area contributed by atoms with Crippen LogP contribution in [0.25, 0.3) is 5.69 Å². The number of aromatic nitrogens is 2. The van der Waals surface area contributed by atoms with Gasteiger partial charge in [-0.15, -0.1) is 0 Å². The lowest BCUT2D eigenvalue weighted by Gasteiger charge is -2.17. The first-order valence-electron chi connectivity index (χ1n) is 7.46. The van der Waals surface area contributed by atoms with Crippen molar-refractivity contribution >= 4 is 23.5 Å². The molecule has 2 aromatic rings. The predicted molar refractivity (Wildman–Crippen MR) is 91.6 cm³/mol. The Hall–Kier alpha value is -2.34. The molecule has 1 aromatic carbocycles. The molecule has 2 rings (SSSR count). The van der Waals surface area contributed by atoms with E-state index in [0.29, 0.717) is 10.6 Å². The van der Waals surface area contributed by atoms with Gasteiger partial charge in [-0.2, -0.15) is 5.10 Å². The summed E-state index contributed by atoms with van der Waals surface area (Å²) in [6.45, 7) is 5.26. The molecule has 1 unspecified atom stereocenters. The van der Waals surface area contributed by atoms with Gasteiger partial charge in [0.25, 0.3) is 5.91 Å². The molecule has 128 valence electrons. The molecule has 0 fully saturated rings. The maximum absolute atomic E-state index is 12.1. The van der Waals surface area contributed by atoms with Crippen LogP contribution in [0.4, 0.5) is 0 Å².